The molecule has 0 radical (unpaired) electrons. The van der Waals surface area contributed by atoms with E-state index in [1.807, 2.05) is 30.3 Å². The number of rotatable bonds is 8. The second-order valence-electron chi connectivity index (χ2n) is 10.7. The molecule has 0 aromatic heterocycles. The Hall–Kier alpha value is -3.83. The minimum absolute atomic E-state index is 0.137. The van der Waals surface area contributed by atoms with Crippen molar-refractivity contribution >= 4 is 5.69 Å². The molecule has 2 heterocycles. The fourth-order valence-electron chi connectivity index (χ4n) is 5.79. The lowest BCUT2D eigenvalue weighted by Gasteiger charge is -2.39. The highest BCUT2D eigenvalue weighted by Gasteiger charge is 2.28. The SMILES string of the molecule is CN1CCC(Oc2ccc(CC3c4ccc(OCc5ccccc5)cc4CCN3c3ccc(F)cc3)cc2)C1. The number of anilines is 1. The van der Waals surface area contributed by atoms with Crippen molar-refractivity contribution in [3.8, 4) is 11.5 Å². The first-order chi connectivity index (χ1) is 19.1. The van der Waals surface area contributed by atoms with Crippen LogP contribution in [-0.4, -0.2) is 37.7 Å². The lowest BCUT2D eigenvalue weighted by atomic mass is 9.88. The Morgan fingerprint density at radius 1 is 0.821 bits per heavy atom. The Morgan fingerprint density at radius 3 is 2.33 bits per heavy atom. The van der Waals surface area contributed by atoms with Crippen LogP contribution in [-0.2, 0) is 19.4 Å². The van der Waals surface area contributed by atoms with Gasteiger partial charge < -0.3 is 19.3 Å². The van der Waals surface area contributed by atoms with Gasteiger partial charge in [-0.15, -0.1) is 0 Å². The van der Waals surface area contributed by atoms with Crippen molar-refractivity contribution < 1.29 is 13.9 Å². The number of fused-ring (bicyclic) bond motifs is 1. The summed E-state index contributed by atoms with van der Waals surface area (Å²) in [6.45, 7) is 3.48. The number of hydrogen-bond acceptors (Lipinski definition) is 4. The maximum absolute atomic E-state index is 13.7. The number of halogens is 1. The van der Waals surface area contributed by atoms with Crippen LogP contribution in [0.3, 0.4) is 0 Å². The smallest absolute Gasteiger partial charge is 0.123 e. The maximum Gasteiger partial charge on any atom is 0.123 e. The summed E-state index contributed by atoms with van der Waals surface area (Å²) < 4.78 is 26.1. The van der Waals surface area contributed by atoms with E-state index in [4.69, 9.17) is 9.47 Å². The van der Waals surface area contributed by atoms with Crippen LogP contribution in [0.1, 0.15) is 34.7 Å². The summed E-state index contributed by atoms with van der Waals surface area (Å²) in [6, 6.07) is 32.3. The van der Waals surface area contributed by atoms with E-state index in [-0.39, 0.29) is 18.0 Å². The second kappa shape index (κ2) is 11.5. The quantitative estimate of drug-likeness (QED) is 0.253. The number of likely N-dealkylation sites (tertiary alicyclic amines) is 1. The van der Waals surface area contributed by atoms with Crippen LogP contribution >= 0.6 is 0 Å². The van der Waals surface area contributed by atoms with Gasteiger partial charge in [0.2, 0.25) is 0 Å². The first-order valence-corrected chi connectivity index (χ1v) is 13.9. The monoisotopic (exact) mass is 522 g/mol. The summed E-state index contributed by atoms with van der Waals surface area (Å²) in [5.41, 5.74) is 6.06. The molecule has 4 nitrogen and oxygen atoms in total. The molecule has 2 unspecified atom stereocenters. The van der Waals surface area contributed by atoms with Crippen molar-refractivity contribution in [2.45, 2.75) is 38.0 Å². The Morgan fingerprint density at radius 2 is 1.59 bits per heavy atom. The molecule has 0 saturated carbocycles. The molecule has 0 amide bonds. The molecule has 2 atom stereocenters. The Bertz CT molecular complexity index is 1370. The minimum atomic E-state index is -0.211. The van der Waals surface area contributed by atoms with Crippen molar-refractivity contribution in [3.63, 3.8) is 0 Å². The van der Waals surface area contributed by atoms with Crippen molar-refractivity contribution in [2.24, 2.45) is 0 Å². The summed E-state index contributed by atoms with van der Waals surface area (Å²) in [5, 5.41) is 0. The predicted molar refractivity (Wildman–Crippen MR) is 154 cm³/mol. The highest BCUT2D eigenvalue weighted by molar-refractivity contribution is 5.54. The van der Waals surface area contributed by atoms with Crippen LogP contribution in [0.2, 0.25) is 0 Å². The van der Waals surface area contributed by atoms with E-state index < -0.39 is 0 Å². The average Bonchev–Trinajstić information content (AvgIpc) is 3.38. The fraction of sp³-hybridized carbons (Fsp3) is 0.294. The van der Waals surface area contributed by atoms with Crippen molar-refractivity contribution in [2.75, 3.05) is 31.6 Å². The van der Waals surface area contributed by atoms with Gasteiger partial charge in [0.25, 0.3) is 0 Å². The second-order valence-corrected chi connectivity index (χ2v) is 10.7. The van der Waals surface area contributed by atoms with Crippen LogP contribution < -0.4 is 14.4 Å². The molecule has 0 bridgehead atoms. The van der Waals surface area contributed by atoms with E-state index in [1.165, 1.54) is 16.7 Å². The number of ether oxygens (including phenoxy) is 2. The largest absolute Gasteiger partial charge is 0.489 e. The molecule has 6 rings (SSSR count). The molecule has 0 spiro atoms. The summed E-state index contributed by atoms with van der Waals surface area (Å²) in [6.07, 6.45) is 3.09. The average molecular weight is 523 g/mol. The topological polar surface area (TPSA) is 24.9 Å². The van der Waals surface area contributed by atoms with Crippen LogP contribution in [0.25, 0.3) is 0 Å². The van der Waals surface area contributed by atoms with E-state index in [0.717, 1.165) is 61.6 Å². The zero-order chi connectivity index (χ0) is 26.6. The van der Waals surface area contributed by atoms with Crippen LogP contribution in [0.5, 0.6) is 11.5 Å². The number of nitrogens with zero attached hydrogens (tertiary/aromatic N) is 2. The molecule has 2 aliphatic rings. The molecular formula is C34H35FN2O2. The lowest BCUT2D eigenvalue weighted by molar-refractivity contribution is 0.208. The summed E-state index contributed by atoms with van der Waals surface area (Å²) >= 11 is 0. The molecule has 1 fully saturated rings. The van der Waals surface area contributed by atoms with Crippen molar-refractivity contribution in [3.05, 3.63) is 125 Å². The van der Waals surface area contributed by atoms with Gasteiger partial charge in [-0.1, -0.05) is 48.5 Å². The summed E-state index contributed by atoms with van der Waals surface area (Å²) in [5.74, 6) is 1.61. The van der Waals surface area contributed by atoms with Gasteiger partial charge in [-0.3, -0.25) is 0 Å². The predicted octanol–water partition coefficient (Wildman–Crippen LogP) is 6.83. The van der Waals surface area contributed by atoms with Gasteiger partial charge in [-0.2, -0.15) is 0 Å². The zero-order valence-electron chi connectivity index (χ0n) is 22.4. The molecule has 39 heavy (non-hydrogen) atoms. The van der Waals surface area contributed by atoms with Gasteiger partial charge in [0.1, 0.15) is 30.0 Å². The minimum Gasteiger partial charge on any atom is -0.489 e. The molecule has 4 aromatic rings. The third-order valence-electron chi connectivity index (χ3n) is 7.88. The highest BCUT2D eigenvalue weighted by atomic mass is 19.1. The van der Waals surface area contributed by atoms with E-state index in [0.29, 0.717) is 6.61 Å². The van der Waals surface area contributed by atoms with Crippen LogP contribution in [0.4, 0.5) is 10.1 Å². The first kappa shape index (κ1) is 25.4. The van der Waals surface area contributed by atoms with Gasteiger partial charge in [0.05, 0.1) is 6.04 Å². The van der Waals surface area contributed by atoms with Gasteiger partial charge in [0.15, 0.2) is 0 Å². The summed E-state index contributed by atoms with van der Waals surface area (Å²) in [4.78, 5) is 4.72. The Labute approximate surface area is 230 Å². The van der Waals surface area contributed by atoms with E-state index >= 15 is 0 Å². The number of benzene rings is 4. The standard InChI is InChI=1S/C34H35FN2O2/c1-36-19-18-32(23-36)39-30-13-7-25(8-14-30)21-34-33-16-15-31(38-24-26-5-3-2-4-6-26)22-27(33)17-20-37(34)29-11-9-28(35)10-12-29/h2-16,22,32,34H,17-21,23-24H2,1H3. The molecule has 1 saturated heterocycles. The van der Waals surface area contributed by atoms with Crippen LogP contribution in [0.15, 0.2) is 97.1 Å². The molecule has 2 aliphatic heterocycles. The third-order valence-corrected chi connectivity index (χ3v) is 7.88. The van der Waals surface area contributed by atoms with E-state index in [9.17, 15) is 4.39 Å². The lowest BCUT2D eigenvalue weighted by Crippen LogP contribution is -2.36. The fourth-order valence-corrected chi connectivity index (χ4v) is 5.79. The summed E-state index contributed by atoms with van der Waals surface area (Å²) in [7, 11) is 2.14. The number of likely N-dealkylation sites (N-methyl/N-ethyl adjacent to an activating group) is 1. The van der Waals surface area contributed by atoms with Crippen LogP contribution in [0, 0.1) is 5.82 Å². The molecule has 0 aliphatic carbocycles. The number of hydrogen-bond donors (Lipinski definition) is 0. The van der Waals surface area contributed by atoms with E-state index in [1.54, 1.807) is 12.1 Å². The van der Waals surface area contributed by atoms with E-state index in [2.05, 4.69) is 71.4 Å². The van der Waals surface area contributed by atoms with Crippen molar-refractivity contribution in [1.29, 1.82) is 0 Å². The van der Waals surface area contributed by atoms with Crippen molar-refractivity contribution in [1.82, 2.24) is 4.90 Å². The van der Waals surface area contributed by atoms with Gasteiger partial charge in [-0.25, -0.2) is 4.39 Å². The van der Waals surface area contributed by atoms with Gasteiger partial charge in [-0.05, 0) is 97.1 Å². The maximum atomic E-state index is 13.7. The molecule has 5 heteroatoms. The van der Waals surface area contributed by atoms with Gasteiger partial charge in [0, 0.05) is 25.3 Å². The molecular weight excluding hydrogens is 487 g/mol. The Kier molecular flexibility index (Phi) is 7.51. The Balaban J connectivity index is 1.22. The molecule has 0 N–H and O–H groups in total. The molecule has 200 valence electrons. The third kappa shape index (κ3) is 6.10. The first-order valence-electron chi connectivity index (χ1n) is 13.9. The van der Waals surface area contributed by atoms with Gasteiger partial charge >= 0.3 is 0 Å². The molecule has 4 aromatic carbocycles. The normalized spacial score (nSPS) is 19.1. The zero-order valence-corrected chi connectivity index (χ0v) is 22.4. The highest BCUT2D eigenvalue weighted by Crippen LogP contribution is 2.38.